The molecule has 2 heterocycles. The molecule has 1 atom stereocenters. The van der Waals surface area contributed by atoms with Crippen molar-refractivity contribution in [1.82, 2.24) is 14.9 Å². The number of nitrogen functional groups attached to an aromatic ring is 1. The standard InChI is InChI=1S/C26H28F4N5OP/c1-14(17-9-18(26(28,29)30)11-19(31)10-17)32-24-20-12-23(21(27)13-22(20)33-15(2)34-24)37-7-5-35(6-8-37)25(36)16-3-4-16/h9-14,16H,3-8,31H2,1-2H3,(H,32,33,34)/t14-/m1/s1. The second-order valence-electron chi connectivity index (χ2n) is 9.78. The molecule has 1 aliphatic heterocycles. The Bertz CT molecular complexity index is 1350. The molecule has 37 heavy (non-hydrogen) atoms. The van der Waals surface area contributed by atoms with E-state index in [4.69, 9.17) is 5.73 Å². The maximum absolute atomic E-state index is 15.2. The van der Waals surface area contributed by atoms with Crippen molar-refractivity contribution in [2.45, 2.75) is 38.9 Å². The Morgan fingerprint density at radius 3 is 2.49 bits per heavy atom. The van der Waals surface area contributed by atoms with Crippen molar-refractivity contribution in [3.05, 3.63) is 53.1 Å². The van der Waals surface area contributed by atoms with Crippen LogP contribution in [0.15, 0.2) is 30.3 Å². The van der Waals surface area contributed by atoms with Crippen LogP contribution < -0.4 is 16.4 Å². The molecule has 0 bridgehead atoms. The SMILES string of the molecule is Cc1nc(N[C@H](C)c2cc(N)cc(C(F)(F)F)c2)c2cc(P3CCN(C(=O)C4CC4)CC3)c(F)cc2n1. The lowest BCUT2D eigenvalue weighted by Gasteiger charge is -2.33. The summed E-state index contributed by atoms with van der Waals surface area (Å²) in [6, 6.07) is 6.08. The molecule has 2 aromatic carbocycles. The number of nitrogens with two attached hydrogens (primary N) is 1. The highest BCUT2D eigenvalue weighted by Gasteiger charge is 2.35. The first-order chi connectivity index (χ1) is 17.5. The van der Waals surface area contributed by atoms with Gasteiger partial charge in [0.15, 0.2) is 0 Å². The summed E-state index contributed by atoms with van der Waals surface area (Å²) in [5, 5.41) is 4.41. The molecular formula is C26H28F4N5OP. The fourth-order valence-electron chi connectivity index (χ4n) is 4.74. The summed E-state index contributed by atoms with van der Waals surface area (Å²) in [7, 11) is -0.811. The highest BCUT2D eigenvalue weighted by molar-refractivity contribution is 7.65. The largest absolute Gasteiger partial charge is 0.416 e. The Morgan fingerprint density at radius 1 is 1.14 bits per heavy atom. The van der Waals surface area contributed by atoms with E-state index in [9.17, 15) is 18.0 Å². The summed E-state index contributed by atoms with van der Waals surface area (Å²) in [6.45, 7) is 4.66. The minimum absolute atomic E-state index is 0.0147. The third-order valence-electron chi connectivity index (χ3n) is 6.89. The highest BCUT2D eigenvalue weighted by atomic mass is 31.1. The number of nitrogens with one attached hydrogen (secondary N) is 1. The number of benzene rings is 2. The van der Waals surface area contributed by atoms with Crippen molar-refractivity contribution < 1.29 is 22.4 Å². The summed E-state index contributed by atoms with van der Waals surface area (Å²) in [5.41, 5.74) is 5.72. The van der Waals surface area contributed by atoms with Gasteiger partial charge < -0.3 is 16.0 Å². The first-order valence-corrected chi connectivity index (χ1v) is 14.0. The number of fused-ring (bicyclic) bond motifs is 1. The number of hydrogen-bond acceptors (Lipinski definition) is 5. The number of aryl methyl sites for hydroxylation is 1. The van der Waals surface area contributed by atoms with Crippen molar-refractivity contribution >= 4 is 41.5 Å². The van der Waals surface area contributed by atoms with Crippen LogP contribution in [-0.2, 0) is 11.0 Å². The topological polar surface area (TPSA) is 84.1 Å². The van der Waals surface area contributed by atoms with Gasteiger partial charge in [-0.15, -0.1) is 0 Å². The van der Waals surface area contributed by atoms with Crippen LogP contribution in [0.3, 0.4) is 0 Å². The third kappa shape index (κ3) is 5.49. The van der Waals surface area contributed by atoms with Gasteiger partial charge in [0.1, 0.15) is 17.5 Å². The van der Waals surface area contributed by atoms with Gasteiger partial charge in [-0.25, -0.2) is 14.4 Å². The van der Waals surface area contributed by atoms with E-state index in [-0.39, 0.29) is 23.3 Å². The van der Waals surface area contributed by atoms with Crippen molar-refractivity contribution in [1.29, 1.82) is 0 Å². The first kappa shape index (κ1) is 25.6. The Balaban J connectivity index is 1.43. The normalized spacial score (nSPS) is 17.7. The Labute approximate surface area is 213 Å². The van der Waals surface area contributed by atoms with Crippen molar-refractivity contribution in [2.24, 2.45) is 5.92 Å². The monoisotopic (exact) mass is 533 g/mol. The molecule has 196 valence electrons. The van der Waals surface area contributed by atoms with Crippen LogP contribution in [-0.4, -0.2) is 46.2 Å². The zero-order valence-corrected chi connectivity index (χ0v) is 21.5. The number of carbonyl (C=O) groups excluding carboxylic acids is 1. The molecule has 1 amide bonds. The fourth-order valence-corrected chi connectivity index (χ4v) is 7.09. The summed E-state index contributed by atoms with van der Waals surface area (Å²) in [6.07, 6.45) is -1.14. The van der Waals surface area contributed by atoms with E-state index in [2.05, 4.69) is 15.3 Å². The van der Waals surface area contributed by atoms with Gasteiger partial charge in [-0.1, -0.05) is 7.92 Å². The lowest BCUT2D eigenvalue weighted by atomic mass is 10.0. The van der Waals surface area contributed by atoms with E-state index in [1.165, 1.54) is 12.1 Å². The summed E-state index contributed by atoms with van der Waals surface area (Å²) in [5.74, 6) is 0.891. The maximum atomic E-state index is 15.2. The third-order valence-corrected chi connectivity index (χ3v) is 9.40. The van der Waals surface area contributed by atoms with Gasteiger partial charge in [0.05, 0.1) is 17.1 Å². The number of halogens is 4. The molecule has 6 nitrogen and oxygen atoms in total. The summed E-state index contributed by atoms with van der Waals surface area (Å²) < 4.78 is 55.2. The summed E-state index contributed by atoms with van der Waals surface area (Å²) >= 11 is 0. The number of rotatable bonds is 5. The Kier molecular flexibility index (Phi) is 6.73. The Morgan fingerprint density at radius 2 is 1.84 bits per heavy atom. The first-order valence-electron chi connectivity index (χ1n) is 12.3. The van der Waals surface area contributed by atoms with Crippen molar-refractivity contribution in [3.8, 4) is 0 Å². The molecule has 1 saturated carbocycles. The second-order valence-corrected chi connectivity index (χ2v) is 12.2. The molecule has 3 aromatic rings. The number of carbonyl (C=O) groups is 1. The number of alkyl halides is 3. The van der Waals surface area contributed by atoms with Gasteiger partial charge in [-0.3, -0.25) is 4.79 Å². The predicted molar refractivity (Wildman–Crippen MR) is 138 cm³/mol. The van der Waals surface area contributed by atoms with E-state index in [0.717, 1.165) is 37.3 Å². The van der Waals surface area contributed by atoms with E-state index < -0.39 is 25.7 Å². The van der Waals surface area contributed by atoms with Crippen molar-refractivity contribution in [3.63, 3.8) is 0 Å². The molecule has 0 spiro atoms. The number of anilines is 2. The van der Waals surface area contributed by atoms with Crippen LogP contribution in [0.4, 0.5) is 29.1 Å². The summed E-state index contributed by atoms with van der Waals surface area (Å²) in [4.78, 5) is 23.2. The molecule has 0 unspecified atom stereocenters. The molecule has 2 fully saturated rings. The van der Waals surface area contributed by atoms with Crippen LogP contribution in [0.1, 0.15) is 42.8 Å². The van der Waals surface area contributed by atoms with Crippen LogP contribution in [0.2, 0.25) is 0 Å². The zero-order valence-electron chi connectivity index (χ0n) is 20.6. The highest BCUT2D eigenvalue weighted by Crippen LogP contribution is 2.41. The van der Waals surface area contributed by atoms with Gasteiger partial charge in [0.25, 0.3) is 0 Å². The number of aromatic nitrogens is 2. The molecule has 5 rings (SSSR count). The fraction of sp³-hybridized carbons (Fsp3) is 0.423. The number of hydrogen-bond donors (Lipinski definition) is 2. The molecule has 1 saturated heterocycles. The predicted octanol–water partition coefficient (Wildman–Crippen LogP) is 5.21. The van der Waals surface area contributed by atoms with Gasteiger partial charge in [0, 0.05) is 41.5 Å². The lowest BCUT2D eigenvalue weighted by Crippen LogP contribution is -2.41. The van der Waals surface area contributed by atoms with E-state index in [1.807, 2.05) is 4.90 Å². The average Bonchev–Trinajstić information content (AvgIpc) is 3.68. The molecule has 2 aliphatic rings. The van der Waals surface area contributed by atoms with Crippen molar-refractivity contribution in [2.75, 3.05) is 36.5 Å². The quantitative estimate of drug-likeness (QED) is 0.267. The van der Waals surface area contributed by atoms with Crippen LogP contribution in [0, 0.1) is 18.7 Å². The molecule has 1 aliphatic carbocycles. The van der Waals surface area contributed by atoms with E-state index in [0.29, 0.717) is 46.5 Å². The van der Waals surface area contributed by atoms with E-state index >= 15 is 4.39 Å². The molecule has 1 aromatic heterocycles. The molecule has 3 N–H and O–H groups in total. The van der Waals surface area contributed by atoms with Gasteiger partial charge in [-0.05, 0) is 68.8 Å². The minimum Gasteiger partial charge on any atom is -0.399 e. The van der Waals surface area contributed by atoms with Crippen LogP contribution >= 0.6 is 7.92 Å². The van der Waals surface area contributed by atoms with Gasteiger partial charge >= 0.3 is 6.18 Å². The number of nitrogens with zero attached hydrogens (tertiary/aromatic N) is 3. The van der Waals surface area contributed by atoms with Gasteiger partial charge in [-0.2, -0.15) is 13.2 Å². The van der Waals surface area contributed by atoms with Crippen LogP contribution in [0.5, 0.6) is 0 Å². The smallest absolute Gasteiger partial charge is 0.399 e. The average molecular weight is 534 g/mol. The van der Waals surface area contributed by atoms with Gasteiger partial charge in [0.2, 0.25) is 5.91 Å². The van der Waals surface area contributed by atoms with Crippen LogP contribution in [0.25, 0.3) is 10.9 Å². The minimum atomic E-state index is -4.52. The number of amides is 1. The molecular weight excluding hydrogens is 505 g/mol. The maximum Gasteiger partial charge on any atom is 0.416 e. The lowest BCUT2D eigenvalue weighted by molar-refractivity contribution is -0.137. The Hall–Kier alpha value is -3.00. The molecule has 11 heteroatoms. The second kappa shape index (κ2) is 9.71. The zero-order chi connectivity index (χ0) is 26.5. The molecule has 0 radical (unpaired) electrons. The van der Waals surface area contributed by atoms with E-state index in [1.54, 1.807) is 19.9 Å².